The van der Waals surface area contributed by atoms with Crippen LogP contribution in [0.15, 0.2) is 85.1 Å². The van der Waals surface area contributed by atoms with E-state index < -0.39 is 42.1 Å². The minimum absolute atomic E-state index is 0.00464. The van der Waals surface area contributed by atoms with Crippen LogP contribution < -0.4 is 16.1 Å². The minimum Gasteiger partial charge on any atom is -0.481 e. The van der Waals surface area contributed by atoms with Gasteiger partial charge in [-0.15, -0.1) is 10.2 Å². The first-order valence-corrected chi connectivity index (χ1v) is 16.5. The molecule has 2 aromatic heterocycles. The Morgan fingerprint density at radius 3 is 2.27 bits per heavy atom. The number of carboxylic acids is 1. The highest BCUT2D eigenvalue weighted by Crippen LogP contribution is 2.30. The number of H-pyrrole nitrogens is 1. The molecule has 0 saturated carbocycles. The summed E-state index contributed by atoms with van der Waals surface area (Å²) in [6.07, 6.45) is 3.46. The van der Waals surface area contributed by atoms with Gasteiger partial charge in [0, 0.05) is 18.5 Å². The summed E-state index contributed by atoms with van der Waals surface area (Å²) in [4.78, 5) is 55.3. The molecule has 0 fully saturated rings. The van der Waals surface area contributed by atoms with Crippen LogP contribution in [0.4, 0.5) is 0 Å². The number of carbonyl (C=O) groups excluding carboxylic acids is 3. The molecule has 0 aliphatic heterocycles. The Morgan fingerprint density at radius 2 is 1.61 bits per heavy atom. The van der Waals surface area contributed by atoms with Crippen LogP contribution in [-0.4, -0.2) is 70.2 Å². The molecule has 264 valence electrons. The number of aliphatic carboxylic acids is 1. The van der Waals surface area contributed by atoms with E-state index in [-0.39, 0.29) is 13.0 Å². The van der Waals surface area contributed by atoms with Crippen molar-refractivity contribution in [3.63, 3.8) is 0 Å². The lowest BCUT2D eigenvalue weighted by atomic mass is 9.97. The number of aromatic amines is 1. The fourth-order valence-electron chi connectivity index (χ4n) is 5.69. The SMILES string of the molecule is CCCCc1ncc(CNC(=O)[C@@H](CC(=O)O)NC(=O)C(Cc2ccccc2)C(=O)NO)n1Cc1ccc(-c2ccccc2-c2nn[nH]n2)cc1. The van der Waals surface area contributed by atoms with Crippen molar-refractivity contribution >= 4 is 23.7 Å². The molecular weight excluding hydrogens is 654 g/mol. The van der Waals surface area contributed by atoms with E-state index in [4.69, 9.17) is 0 Å². The first kappa shape index (κ1) is 36.1. The molecule has 15 nitrogen and oxygen atoms in total. The largest absolute Gasteiger partial charge is 0.481 e. The van der Waals surface area contributed by atoms with Crippen LogP contribution in [0.2, 0.25) is 0 Å². The summed E-state index contributed by atoms with van der Waals surface area (Å²) < 4.78 is 2.02. The van der Waals surface area contributed by atoms with E-state index in [1.54, 1.807) is 36.5 Å². The van der Waals surface area contributed by atoms with Crippen molar-refractivity contribution in [1.82, 2.24) is 46.3 Å². The number of carbonyl (C=O) groups is 4. The van der Waals surface area contributed by atoms with E-state index in [0.717, 1.165) is 40.9 Å². The van der Waals surface area contributed by atoms with Gasteiger partial charge in [0.1, 0.15) is 17.8 Å². The van der Waals surface area contributed by atoms with E-state index in [2.05, 4.69) is 43.2 Å². The van der Waals surface area contributed by atoms with Gasteiger partial charge in [-0.2, -0.15) is 5.21 Å². The topological polar surface area (TPSA) is 217 Å². The van der Waals surface area contributed by atoms with Gasteiger partial charge >= 0.3 is 5.97 Å². The maximum atomic E-state index is 13.4. The van der Waals surface area contributed by atoms with Crippen LogP contribution >= 0.6 is 0 Å². The summed E-state index contributed by atoms with van der Waals surface area (Å²) in [5.74, 6) is -4.04. The lowest BCUT2D eigenvalue weighted by molar-refractivity contribution is -0.143. The van der Waals surface area contributed by atoms with E-state index >= 15 is 0 Å². The molecule has 2 heterocycles. The van der Waals surface area contributed by atoms with Gasteiger partial charge in [0.2, 0.25) is 17.6 Å². The molecule has 2 atom stereocenters. The van der Waals surface area contributed by atoms with Crippen LogP contribution in [0.3, 0.4) is 0 Å². The Morgan fingerprint density at radius 1 is 0.882 bits per heavy atom. The number of unbranched alkanes of at least 4 members (excludes halogenated alkanes) is 1. The molecule has 3 amide bonds. The number of hydroxylamine groups is 1. The molecule has 0 aliphatic carbocycles. The van der Waals surface area contributed by atoms with Crippen LogP contribution in [0, 0.1) is 5.92 Å². The number of aryl methyl sites for hydroxylation is 1. The molecule has 15 heteroatoms. The zero-order valence-electron chi connectivity index (χ0n) is 28.0. The quantitative estimate of drug-likeness (QED) is 0.0475. The third-order valence-electron chi connectivity index (χ3n) is 8.38. The first-order chi connectivity index (χ1) is 24.8. The van der Waals surface area contributed by atoms with Crippen molar-refractivity contribution in [3.05, 3.63) is 108 Å². The second-order valence-corrected chi connectivity index (χ2v) is 11.9. The van der Waals surface area contributed by atoms with Gasteiger partial charge in [0.15, 0.2) is 0 Å². The first-order valence-electron chi connectivity index (χ1n) is 16.5. The number of benzene rings is 3. The highest BCUT2D eigenvalue weighted by atomic mass is 16.5. The van der Waals surface area contributed by atoms with Gasteiger partial charge in [0.25, 0.3) is 5.91 Å². The molecule has 0 spiro atoms. The van der Waals surface area contributed by atoms with Crippen LogP contribution in [-0.2, 0) is 45.1 Å². The maximum absolute atomic E-state index is 13.4. The zero-order chi connectivity index (χ0) is 36.2. The summed E-state index contributed by atoms with van der Waals surface area (Å²) in [5, 5.41) is 38.4. The molecule has 6 N–H and O–H groups in total. The number of aromatic nitrogens is 6. The van der Waals surface area contributed by atoms with E-state index in [1.165, 1.54) is 5.48 Å². The standard InChI is InChI=1S/C36H39N9O6/c1-2-3-13-31-37-20-26(45(31)22-24-14-16-25(17-15-24)27-11-7-8-12-28(27)33-40-43-44-41-33)21-38-36(50)30(19-32(46)47)39-34(48)29(35(49)42-51)18-23-9-5-4-6-10-23/h4-12,14-17,20,29-30,51H,2-3,13,18-19,21-22H2,1H3,(H,38,50)(H,39,48)(H,42,49)(H,46,47)(H,40,41,43,44)/t29?,30-/m1/s1. The van der Waals surface area contributed by atoms with Crippen LogP contribution in [0.1, 0.15) is 48.8 Å². The van der Waals surface area contributed by atoms with E-state index in [1.807, 2.05) is 53.1 Å². The number of imidazole rings is 1. The Kier molecular flexibility index (Phi) is 12.3. The molecular formula is C36H39N9O6. The molecule has 0 aliphatic rings. The number of nitrogens with zero attached hydrogens (tertiary/aromatic N) is 5. The van der Waals surface area contributed by atoms with Gasteiger partial charge in [-0.1, -0.05) is 92.2 Å². The second kappa shape index (κ2) is 17.4. The number of nitrogens with one attached hydrogen (secondary N) is 4. The number of hydrogen-bond donors (Lipinski definition) is 6. The van der Waals surface area contributed by atoms with Gasteiger partial charge in [-0.3, -0.25) is 24.4 Å². The van der Waals surface area contributed by atoms with Crippen LogP contribution in [0.5, 0.6) is 0 Å². The van der Waals surface area contributed by atoms with Crippen molar-refractivity contribution in [3.8, 4) is 22.5 Å². The Bertz CT molecular complexity index is 1930. The summed E-state index contributed by atoms with van der Waals surface area (Å²) in [6.45, 7) is 2.56. The maximum Gasteiger partial charge on any atom is 0.305 e. The number of hydrogen-bond acceptors (Lipinski definition) is 9. The van der Waals surface area contributed by atoms with E-state index in [0.29, 0.717) is 30.0 Å². The highest BCUT2D eigenvalue weighted by Gasteiger charge is 2.32. The molecule has 1 unspecified atom stereocenters. The molecule has 3 aromatic carbocycles. The average molecular weight is 694 g/mol. The molecule has 0 saturated heterocycles. The van der Waals surface area contributed by atoms with Crippen LogP contribution in [0.25, 0.3) is 22.5 Å². The number of rotatable bonds is 17. The second-order valence-electron chi connectivity index (χ2n) is 11.9. The molecule has 0 bridgehead atoms. The summed E-state index contributed by atoms with van der Waals surface area (Å²) >= 11 is 0. The predicted octanol–water partition coefficient (Wildman–Crippen LogP) is 3.06. The van der Waals surface area contributed by atoms with Gasteiger partial charge in [-0.25, -0.2) is 10.5 Å². The third kappa shape index (κ3) is 9.48. The average Bonchev–Trinajstić information content (AvgIpc) is 3.82. The number of carboxylic acid groups (broad SMARTS) is 1. The minimum atomic E-state index is -1.49. The van der Waals surface area contributed by atoms with Crippen molar-refractivity contribution in [2.45, 2.75) is 58.2 Å². The molecule has 51 heavy (non-hydrogen) atoms. The Labute approximate surface area is 293 Å². The van der Waals surface area contributed by atoms with E-state index in [9.17, 15) is 29.5 Å². The fraction of sp³-hybridized carbons (Fsp3) is 0.278. The van der Waals surface area contributed by atoms with Gasteiger partial charge in [-0.05, 0) is 40.3 Å². The predicted molar refractivity (Wildman–Crippen MR) is 185 cm³/mol. The summed E-state index contributed by atoms with van der Waals surface area (Å²) in [5.41, 5.74) is 6.55. The number of tetrazole rings is 1. The number of amides is 3. The smallest absolute Gasteiger partial charge is 0.305 e. The lowest BCUT2D eigenvalue weighted by Crippen LogP contribution is -2.51. The normalized spacial score (nSPS) is 12.1. The molecule has 0 radical (unpaired) electrons. The summed E-state index contributed by atoms with van der Waals surface area (Å²) in [6, 6.07) is 23.0. The molecule has 5 rings (SSSR count). The molecule has 5 aromatic rings. The van der Waals surface area contributed by atoms with Crippen molar-refractivity contribution in [2.75, 3.05) is 0 Å². The van der Waals surface area contributed by atoms with Crippen molar-refractivity contribution in [1.29, 1.82) is 0 Å². The monoisotopic (exact) mass is 693 g/mol. The Balaban J connectivity index is 1.31. The highest BCUT2D eigenvalue weighted by molar-refractivity contribution is 6.02. The van der Waals surface area contributed by atoms with Gasteiger partial charge in [0.05, 0.1) is 24.9 Å². The third-order valence-corrected chi connectivity index (χ3v) is 8.38. The summed E-state index contributed by atoms with van der Waals surface area (Å²) in [7, 11) is 0. The zero-order valence-corrected chi connectivity index (χ0v) is 28.0. The van der Waals surface area contributed by atoms with Crippen molar-refractivity contribution in [2.24, 2.45) is 5.92 Å². The lowest BCUT2D eigenvalue weighted by Gasteiger charge is -2.21. The van der Waals surface area contributed by atoms with Crippen molar-refractivity contribution < 1.29 is 29.5 Å². The Hall–Kier alpha value is -6.22. The fourth-order valence-corrected chi connectivity index (χ4v) is 5.69. The van der Waals surface area contributed by atoms with Gasteiger partial charge < -0.3 is 20.3 Å².